The van der Waals surface area contributed by atoms with E-state index in [9.17, 15) is 4.79 Å². The van der Waals surface area contributed by atoms with Gasteiger partial charge in [-0.05, 0) is 12.1 Å². The van der Waals surface area contributed by atoms with E-state index in [-0.39, 0.29) is 10.6 Å². The maximum atomic E-state index is 11.9. The fourth-order valence-electron chi connectivity index (χ4n) is 2.57. The van der Waals surface area contributed by atoms with Crippen LogP contribution in [0.4, 0.5) is 11.4 Å². The van der Waals surface area contributed by atoms with Crippen molar-refractivity contribution in [3.05, 3.63) is 45.6 Å². The Hall–Kier alpha value is -2.59. The third kappa shape index (κ3) is 2.98. The molecule has 1 aliphatic heterocycles. The fraction of sp³-hybridized carbons (Fsp3) is 0.333. The molecule has 0 bridgehead atoms. The minimum absolute atomic E-state index is 0.205. The second-order valence-corrected chi connectivity index (χ2v) is 5.64. The van der Waals surface area contributed by atoms with Crippen molar-refractivity contribution in [3.63, 3.8) is 0 Å². The van der Waals surface area contributed by atoms with E-state index in [1.54, 1.807) is 25.5 Å². The molecule has 0 spiro atoms. The summed E-state index contributed by atoms with van der Waals surface area (Å²) in [6.07, 6.45) is 3.34. The molecule has 0 saturated carbocycles. The lowest BCUT2D eigenvalue weighted by molar-refractivity contribution is 0.642. The standard InChI is InChI=1S/C15H15ClN6O/c1-20-15(23)14(16)13(10-19-20)22-6-4-21(5-7-22)12-3-2-11(8-17)18-9-12/h2-3,9-10H,4-7H2,1H3. The summed E-state index contributed by atoms with van der Waals surface area (Å²) >= 11 is 6.15. The van der Waals surface area contributed by atoms with E-state index in [2.05, 4.69) is 19.9 Å². The van der Waals surface area contributed by atoms with Crippen LogP contribution < -0.4 is 15.4 Å². The van der Waals surface area contributed by atoms with E-state index >= 15 is 0 Å². The highest BCUT2D eigenvalue weighted by Gasteiger charge is 2.21. The molecule has 0 N–H and O–H groups in total. The number of piperazine rings is 1. The van der Waals surface area contributed by atoms with Crippen LogP contribution in [0, 0.1) is 11.3 Å². The molecule has 1 saturated heterocycles. The lowest BCUT2D eigenvalue weighted by atomic mass is 10.2. The molecule has 0 atom stereocenters. The molecule has 0 radical (unpaired) electrons. The van der Waals surface area contributed by atoms with Gasteiger partial charge in [0.1, 0.15) is 16.8 Å². The van der Waals surface area contributed by atoms with Gasteiger partial charge in [-0.3, -0.25) is 4.79 Å². The van der Waals surface area contributed by atoms with Crippen LogP contribution in [0.2, 0.25) is 5.02 Å². The molecule has 0 aromatic carbocycles. The molecule has 2 aromatic rings. The van der Waals surface area contributed by atoms with Crippen LogP contribution in [0.5, 0.6) is 0 Å². The molecule has 0 unspecified atom stereocenters. The Balaban J connectivity index is 1.72. The van der Waals surface area contributed by atoms with Gasteiger partial charge in [0.25, 0.3) is 5.56 Å². The van der Waals surface area contributed by atoms with Crippen LogP contribution in [0.15, 0.2) is 29.3 Å². The Morgan fingerprint density at radius 1 is 1.17 bits per heavy atom. The average Bonchev–Trinajstić information content (AvgIpc) is 2.60. The first-order valence-corrected chi connectivity index (χ1v) is 7.56. The van der Waals surface area contributed by atoms with Crippen molar-refractivity contribution in [1.82, 2.24) is 14.8 Å². The molecule has 23 heavy (non-hydrogen) atoms. The Morgan fingerprint density at radius 2 is 1.87 bits per heavy atom. The Kier molecular flexibility index (Phi) is 4.17. The van der Waals surface area contributed by atoms with Crippen LogP contribution in [-0.2, 0) is 7.05 Å². The van der Waals surface area contributed by atoms with Gasteiger partial charge in [0.15, 0.2) is 0 Å². The monoisotopic (exact) mass is 330 g/mol. The number of rotatable bonds is 2. The number of hydrogen-bond acceptors (Lipinski definition) is 6. The van der Waals surface area contributed by atoms with Gasteiger partial charge in [-0.1, -0.05) is 11.6 Å². The van der Waals surface area contributed by atoms with Gasteiger partial charge in [-0.2, -0.15) is 10.4 Å². The summed E-state index contributed by atoms with van der Waals surface area (Å²) in [7, 11) is 1.58. The van der Waals surface area contributed by atoms with E-state index in [1.165, 1.54) is 4.68 Å². The Morgan fingerprint density at radius 3 is 2.48 bits per heavy atom. The summed E-state index contributed by atoms with van der Waals surface area (Å²) in [5.74, 6) is 0. The van der Waals surface area contributed by atoms with Gasteiger partial charge in [-0.15, -0.1) is 0 Å². The SMILES string of the molecule is Cn1ncc(N2CCN(c3ccc(C#N)nc3)CC2)c(Cl)c1=O. The minimum Gasteiger partial charge on any atom is -0.367 e. The summed E-state index contributed by atoms with van der Waals surface area (Å²) in [5.41, 5.74) is 1.78. The third-order valence-electron chi connectivity index (χ3n) is 3.91. The van der Waals surface area contributed by atoms with E-state index in [4.69, 9.17) is 16.9 Å². The van der Waals surface area contributed by atoms with Gasteiger partial charge in [0.05, 0.1) is 23.8 Å². The molecule has 3 heterocycles. The molecule has 1 fully saturated rings. The quantitative estimate of drug-likeness (QED) is 0.818. The van der Waals surface area contributed by atoms with Crippen molar-refractivity contribution < 1.29 is 0 Å². The number of aromatic nitrogens is 3. The van der Waals surface area contributed by atoms with Crippen molar-refractivity contribution in [3.8, 4) is 6.07 Å². The Bertz CT molecular complexity index is 802. The first kappa shape index (κ1) is 15.3. The average molecular weight is 331 g/mol. The predicted molar refractivity (Wildman–Crippen MR) is 87.9 cm³/mol. The molecule has 0 aliphatic carbocycles. The van der Waals surface area contributed by atoms with E-state index in [0.29, 0.717) is 11.4 Å². The van der Waals surface area contributed by atoms with Gasteiger partial charge in [0, 0.05) is 33.2 Å². The van der Waals surface area contributed by atoms with E-state index < -0.39 is 0 Å². The number of hydrogen-bond donors (Lipinski definition) is 0. The molecule has 2 aromatic heterocycles. The van der Waals surface area contributed by atoms with Crippen molar-refractivity contribution in [1.29, 1.82) is 5.26 Å². The molecular formula is C15H15ClN6O. The topological polar surface area (TPSA) is 78.1 Å². The lowest BCUT2D eigenvalue weighted by Gasteiger charge is -2.37. The zero-order valence-corrected chi connectivity index (χ0v) is 13.4. The summed E-state index contributed by atoms with van der Waals surface area (Å²) in [4.78, 5) is 20.2. The Labute approximate surface area is 138 Å². The summed E-state index contributed by atoms with van der Waals surface area (Å²) in [6, 6.07) is 5.62. The zero-order chi connectivity index (χ0) is 16.4. The van der Waals surface area contributed by atoms with E-state index in [0.717, 1.165) is 31.9 Å². The van der Waals surface area contributed by atoms with Crippen LogP contribution in [0.25, 0.3) is 0 Å². The van der Waals surface area contributed by atoms with Crippen molar-refractivity contribution in [2.24, 2.45) is 7.05 Å². The number of aryl methyl sites for hydroxylation is 1. The summed E-state index contributed by atoms with van der Waals surface area (Å²) in [6.45, 7) is 3.02. The number of halogens is 1. The van der Waals surface area contributed by atoms with E-state index in [1.807, 2.05) is 12.1 Å². The highest BCUT2D eigenvalue weighted by molar-refractivity contribution is 6.33. The predicted octanol–water partition coefficient (Wildman–Crippen LogP) is 1.03. The summed E-state index contributed by atoms with van der Waals surface area (Å²) in [5, 5.41) is 13.0. The molecule has 7 nitrogen and oxygen atoms in total. The van der Waals surface area contributed by atoms with Gasteiger partial charge in [0.2, 0.25) is 0 Å². The molecule has 118 valence electrons. The highest BCUT2D eigenvalue weighted by atomic mass is 35.5. The van der Waals surface area contributed by atoms with Crippen LogP contribution in [0.1, 0.15) is 5.69 Å². The number of anilines is 2. The van der Waals surface area contributed by atoms with Crippen LogP contribution >= 0.6 is 11.6 Å². The van der Waals surface area contributed by atoms with Crippen LogP contribution in [-0.4, -0.2) is 40.9 Å². The molecule has 8 heteroatoms. The maximum absolute atomic E-state index is 11.9. The smallest absolute Gasteiger partial charge is 0.287 e. The van der Waals surface area contributed by atoms with Gasteiger partial charge in [-0.25, -0.2) is 9.67 Å². The highest BCUT2D eigenvalue weighted by Crippen LogP contribution is 2.23. The normalized spacial score (nSPS) is 14.7. The minimum atomic E-state index is -0.289. The third-order valence-corrected chi connectivity index (χ3v) is 4.26. The molecule has 0 amide bonds. The van der Waals surface area contributed by atoms with Crippen LogP contribution in [0.3, 0.4) is 0 Å². The number of nitrogens with zero attached hydrogens (tertiary/aromatic N) is 6. The largest absolute Gasteiger partial charge is 0.367 e. The second kappa shape index (κ2) is 6.26. The lowest BCUT2D eigenvalue weighted by Crippen LogP contribution is -2.47. The summed E-state index contributed by atoms with van der Waals surface area (Å²) < 4.78 is 1.23. The van der Waals surface area contributed by atoms with Gasteiger partial charge < -0.3 is 9.80 Å². The van der Waals surface area contributed by atoms with Crippen molar-refractivity contribution >= 4 is 23.0 Å². The van der Waals surface area contributed by atoms with Crippen molar-refractivity contribution in [2.45, 2.75) is 0 Å². The second-order valence-electron chi connectivity index (χ2n) is 5.26. The number of pyridine rings is 1. The van der Waals surface area contributed by atoms with Crippen molar-refractivity contribution in [2.75, 3.05) is 36.0 Å². The number of nitriles is 1. The first-order chi connectivity index (χ1) is 11.1. The molecule has 1 aliphatic rings. The molecular weight excluding hydrogens is 316 g/mol. The maximum Gasteiger partial charge on any atom is 0.287 e. The van der Waals surface area contributed by atoms with Gasteiger partial charge >= 0.3 is 0 Å². The fourth-order valence-corrected chi connectivity index (χ4v) is 2.86. The zero-order valence-electron chi connectivity index (χ0n) is 12.6. The molecule has 3 rings (SSSR count). The first-order valence-electron chi connectivity index (χ1n) is 7.18.